The number of amides is 1. The summed E-state index contributed by atoms with van der Waals surface area (Å²) in [7, 11) is 0. The molecule has 0 atom stereocenters. The van der Waals surface area contributed by atoms with Gasteiger partial charge in [0, 0.05) is 18.7 Å². The minimum Gasteiger partial charge on any atom is -0.408 e. The summed E-state index contributed by atoms with van der Waals surface area (Å²) in [6.07, 6.45) is 2.02. The number of hydrogen-bond donors (Lipinski definition) is 0. The van der Waals surface area contributed by atoms with E-state index in [0.29, 0.717) is 16.7 Å². The molecule has 3 rings (SSSR count). The second-order valence-electron chi connectivity index (χ2n) is 5.28. The summed E-state index contributed by atoms with van der Waals surface area (Å²) >= 11 is 0. The Labute approximate surface area is 120 Å². The number of ketones is 1. The van der Waals surface area contributed by atoms with Gasteiger partial charge in [0.2, 0.25) is 5.91 Å². The first-order valence-electron chi connectivity index (χ1n) is 6.98. The van der Waals surface area contributed by atoms with E-state index in [1.54, 1.807) is 17.0 Å². The SMILES string of the molecule is CC(=O)c1ccc2c(c1)oc(=O)n2CC(=O)N1CCCC1. The fourth-order valence-corrected chi connectivity index (χ4v) is 2.64. The summed E-state index contributed by atoms with van der Waals surface area (Å²) in [5.41, 5.74) is 1.36. The van der Waals surface area contributed by atoms with E-state index in [1.807, 2.05) is 0 Å². The van der Waals surface area contributed by atoms with Crippen molar-refractivity contribution in [3.05, 3.63) is 34.3 Å². The Kier molecular flexibility index (Phi) is 3.37. The van der Waals surface area contributed by atoms with Crippen LogP contribution in [0, 0.1) is 0 Å². The van der Waals surface area contributed by atoms with Gasteiger partial charge in [-0.2, -0.15) is 0 Å². The van der Waals surface area contributed by atoms with Gasteiger partial charge in [0.1, 0.15) is 6.54 Å². The zero-order valence-corrected chi connectivity index (χ0v) is 11.8. The molecule has 0 bridgehead atoms. The Morgan fingerprint density at radius 1 is 1.24 bits per heavy atom. The third-order valence-corrected chi connectivity index (χ3v) is 3.83. The molecule has 0 N–H and O–H groups in total. The number of benzene rings is 1. The van der Waals surface area contributed by atoms with Crippen molar-refractivity contribution in [2.24, 2.45) is 0 Å². The van der Waals surface area contributed by atoms with Crippen LogP contribution in [0.3, 0.4) is 0 Å². The predicted octanol–water partition coefficient (Wildman–Crippen LogP) is 1.42. The molecule has 110 valence electrons. The van der Waals surface area contributed by atoms with E-state index in [9.17, 15) is 14.4 Å². The number of likely N-dealkylation sites (tertiary alicyclic amines) is 1. The molecule has 6 heteroatoms. The van der Waals surface area contributed by atoms with Crippen LogP contribution in [0.4, 0.5) is 0 Å². The van der Waals surface area contributed by atoms with Crippen molar-refractivity contribution in [2.45, 2.75) is 26.3 Å². The van der Waals surface area contributed by atoms with Gasteiger partial charge in [-0.15, -0.1) is 0 Å². The molecule has 21 heavy (non-hydrogen) atoms. The van der Waals surface area contributed by atoms with Crippen LogP contribution >= 0.6 is 0 Å². The first-order valence-corrected chi connectivity index (χ1v) is 6.98. The normalized spacial score (nSPS) is 14.8. The Morgan fingerprint density at radius 2 is 1.95 bits per heavy atom. The highest BCUT2D eigenvalue weighted by Crippen LogP contribution is 2.16. The second kappa shape index (κ2) is 5.20. The highest BCUT2D eigenvalue weighted by molar-refractivity contribution is 5.97. The van der Waals surface area contributed by atoms with Crippen molar-refractivity contribution in [1.29, 1.82) is 0 Å². The lowest BCUT2D eigenvalue weighted by atomic mass is 10.1. The third kappa shape index (κ3) is 2.49. The summed E-state index contributed by atoms with van der Waals surface area (Å²) in [4.78, 5) is 37.2. The molecule has 0 saturated carbocycles. The van der Waals surface area contributed by atoms with Gasteiger partial charge < -0.3 is 9.32 Å². The van der Waals surface area contributed by atoms with Crippen molar-refractivity contribution in [3.63, 3.8) is 0 Å². The van der Waals surface area contributed by atoms with E-state index in [2.05, 4.69) is 0 Å². The average molecular weight is 288 g/mol. The van der Waals surface area contributed by atoms with Crippen LogP contribution in [0.2, 0.25) is 0 Å². The van der Waals surface area contributed by atoms with Gasteiger partial charge >= 0.3 is 5.76 Å². The van der Waals surface area contributed by atoms with Crippen molar-refractivity contribution in [2.75, 3.05) is 13.1 Å². The van der Waals surface area contributed by atoms with Crippen molar-refractivity contribution < 1.29 is 14.0 Å². The Morgan fingerprint density at radius 3 is 2.62 bits per heavy atom. The maximum atomic E-state index is 12.2. The van der Waals surface area contributed by atoms with Crippen molar-refractivity contribution in [3.8, 4) is 0 Å². The second-order valence-corrected chi connectivity index (χ2v) is 5.28. The monoisotopic (exact) mass is 288 g/mol. The van der Waals surface area contributed by atoms with Crippen LogP contribution in [0.25, 0.3) is 11.1 Å². The average Bonchev–Trinajstić information content (AvgIpc) is 3.07. The smallest absolute Gasteiger partial charge is 0.408 e. The lowest BCUT2D eigenvalue weighted by Crippen LogP contribution is -2.33. The van der Waals surface area contributed by atoms with Crippen LogP contribution < -0.4 is 5.76 Å². The standard InChI is InChI=1S/C15H16N2O4/c1-10(18)11-4-5-12-13(8-11)21-15(20)17(12)9-14(19)16-6-2-3-7-16/h4-5,8H,2-3,6-7,9H2,1H3. The summed E-state index contributed by atoms with van der Waals surface area (Å²) < 4.78 is 6.46. The molecule has 0 spiro atoms. The minimum atomic E-state index is -0.571. The predicted molar refractivity (Wildman–Crippen MR) is 76.3 cm³/mol. The van der Waals surface area contributed by atoms with Gasteiger partial charge in [0.05, 0.1) is 5.52 Å². The Bertz CT molecular complexity index is 766. The molecule has 2 aromatic rings. The van der Waals surface area contributed by atoms with Gasteiger partial charge in [0.15, 0.2) is 11.4 Å². The van der Waals surface area contributed by atoms with Gasteiger partial charge in [-0.1, -0.05) is 0 Å². The fraction of sp³-hybridized carbons (Fsp3) is 0.400. The van der Waals surface area contributed by atoms with Gasteiger partial charge in [0.25, 0.3) is 0 Å². The first kappa shape index (κ1) is 13.6. The molecule has 0 aliphatic carbocycles. The number of Topliss-reactive ketones (excluding diaryl/α,β-unsaturated/α-hetero) is 1. The highest BCUT2D eigenvalue weighted by Gasteiger charge is 2.20. The first-order chi connectivity index (χ1) is 10.1. The minimum absolute atomic E-state index is 0.0226. The largest absolute Gasteiger partial charge is 0.420 e. The zero-order chi connectivity index (χ0) is 15.0. The van der Waals surface area contributed by atoms with E-state index in [4.69, 9.17) is 4.42 Å². The van der Waals surface area contributed by atoms with E-state index in [-0.39, 0.29) is 18.2 Å². The lowest BCUT2D eigenvalue weighted by molar-refractivity contribution is -0.130. The van der Waals surface area contributed by atoms with Crippen LogP contribution in [0.5, 0.6) is 0 Å². The van der Waals surface area contributed by atoms with Crippen molar-refractivity contribution in [1.82, 2.24) is 9.47 Å². The molecule has 0 radical (unpaired) electrons. The number of oxazole rings is 1. The van der Waals surface area contributed by atoms with Gasteiger partial charge in [-0.3, -0.25) is 14.2 Å². The summed E-state index contributed by atoms with van der Waals surface area (Å²) in [6, 6.07) is 4.82. The van der Waals surface area contributed by atoms with Gasteiger partial charge in [-0.25, -0.2) is 4.79 Å². The maximum Gasteiger partial charge on any atom is 0.420 e. The molecule has 1 saturated heterocycles. The molecule has 1 aromatic carbocycles. The molecule has 2 heterocycles. The zero-order valence-electron chi connectivity index (χ0n) is 11.8. The lowest BCUT2D eigenvalue weighted by Gasteiger charge is -2.14. The van der Waals surface area contributed by atoms with Gasteiger partial charge in [-0.05, 0) is 38.0 Å². The van der Waals surface area contributed by atoms with Crippen LogP contribution in [0.15, 0.2) is 27.4 Å². The molecular formula is C15H16N2O4. The van der Waals surface area contributed by atoms with E-state index < -0.39 is 5.76 Å². The number of rotatable bonds is 3. The molecule has 6 nitrogen and oxygen atoms in total. The summed E-state index contributed by atoms with van der Waals surface area (Å²) in [5.74, 6) is -0.744. The molecule has 1 aromatic heterocycles. The van der Waals surface area contributed by atoms with E-state index in [0.717, 1.165) is 25.9 Å². The summed E-state index contributed by atoms with van der Waals surface area (Å²) in [6.45, 7) is 2.92. The Hall–Kier alpha value is -2.37. The number of aromatic nitrogens is 1. The van der Waals surface area contributed by atoms with E-state index >= 15 is 0 Å². The highest BCUT2D eigenvalue weighted by atomic mass is 16.4. The number of nitrogens with zero attached hydrogens (tertiary/aromatic N) is 2. The molecule has 1 amide bonds. The summed E-state index contributed by atoms with van der Waals surface area (Å²) in [5, 5.41) is 0. The van der Waals surface area contributed by atoms with Crippen LogP contribution in [0.1, 0.15) is 30.1 Å². The topological polar surface area (TPSA) is 72.5 Å². The Balaban J connectivity index is 1.95. The fourth-order valence-electron chi connectivity index (χ4n) is 2.64. The quantitative estimate of drug-likeness (QED) is 0.801. The number of carbonyl (C=O) groups excluding carboxylic acids is 2. The molecule has 1 aliphatic heterocycles. The van der Waals surface area contributed by atoms with Crippen LogP contribution in [-0.2, 0) is 11.3 Å². The number of hydrogen-bond acceptors (Lipinski definition) is 4. The maximum absolute atomic E-state index is 12.2. The van der Waals surface area contributed by atoms with Crippen molar-refractivity contribution >= 4 is 22.8 Å². The molecule has 1 fully saturated rings. The number of carbonyl (C=O) groups is 2. The third-order valence-electron chi connectivity index (χ3n) is 3.83. The number of fused-ring (bicyclic) bond motifs is 1. The van der Waals surface area contributed by atoms with E-state index in [1.165, 1.54) is 17.6 Å². The molecule has 0 unspecified atom stereocenters. The molecule has 1 aliphatic rings. The van der Waals surface area contributed by atoms with Crippen LogP contribution in [-0.4, -0.2) is 34.2 Å². The molecular weight excluding hydrogens is 272 g/mol.